The standard InChI is InChI=1S/C17H29NO/c1-5-6-7-17(19)12(2)8-11-16(18)14(4)13(3)15-9-10-15/h12,15,18H,5-11H2,1-4H3/b14-13+,18-16?. The summed E-state index contributed by atoms with van der Waals surface area (Å²) in [4.78, 5) is 11.9. The second-order valence-corrected chi connectivity index (χ2v) is 6.07. The smallest absolute Gasteiger partial charge is 0.135 e. The summed E-state index contributed by atoms with van der Waals surface area (Å²) >= 11 is 0. The topological polar surface area (TPSA) is 40.9 Å². The average molecular weight is 263 g/mol. The lowest BCUT2D eigenvalue weighted by atomic mass is 9.92. The Bertz CT molecular complexity index is 363. The highest BCUT2D eigenvalue weighted by atomic mass is 16.1. The van der Waals surface area contributed by atoms with Crippen molar-refractivity contribution in [1.29, 1.82) is 5.41 Å². The Hall–Kier alpha value is -0.920. The van der Waals surface area contributed by atoms with Crippen LogP contribution in [0, 0.1) is 17.2 Å². The Balaban J connectivity index is 2.37. The van der Waals surface area contributed by atoms with Crippen molar-refractivity contribution >= 4 is 11.5 Å². The zero-order chi connectivity index (χ0) is 14.4. The van der Waals surface area contributed by atoms with Gasteiger partial charge in [0.2, 0.25) is 0 Å². The van der Waals surface area contributed by atoms with Gasteiger partial charge in [0.05, 0.1) is 0 Å². The number of nitrogens with one attached hydrogen (secondary N) is 1. The van der Waals surface area contributed by atoms with Gasteiger partial charge >= 0.3 is 0 Å². The van der Waals surface area contributed by atoms with Gasteiger partial charge in [0, 0.05) is 18.1 Å². The molecule has 0 aromatic rings. The van der Waals surface area contributed by atoms with E-state index in [4.69, 9.17) is 5.41 Å². The normalized spacial score (nSPS) is 17.9. The zero-order valence-electron chi connectivity index (χ0n) is 13.0. The molecule has 0 saturated heterocycles. The molecular formula is C17H29NO. The van der Waals surface area contributed by atoms with Crippen LogP contribution in [0.25, 0.3) is 0 Å². The van der Waals surface area contributed by atoms with Gasteiger partial charge in [0.15, 0.2) is 0 Å². The van der Waals surface area contributed by atoms with Crippen LogP contribution >= 0.6 is 0 Å². The van der Waals surface area contributed by atoms with Crippen molar-refractivity contribution < 1.29 is 4.79 Å². The van der Waals surface area contributed by atoms with Crippen LogP contribution in [0.1, 0.15) is 72.6 Å². The number of unbranched alkanes of at least 4 members (excludes halogenated alkanes) is 1. The molecule has 0 radical (unpaired) electrons. The highest BCUT2D eigenvalue weighted by molar-refractivity contribution is 5.98. The number of allylic oxidation sites excluding steroid dienone is 2. The van der Waals surface area contributed by atoms with E-state index in [1.54, 1.807) is 0 Å². The quantitative estimate of drug-likeness (QED) is 0.589. The van der Waals surface area contributed by atoms with Gasteiger partial charge in [-0.25, -0.2) is 0 Å². The highest BCUT2D eigenvalue weighted by Gasteiger charge is 2.25. The summed E-state index contributed by atoms with van der Waals surface area (Å²) in [5.41, 5.74) is 3.30. The lowest BCUT2D eigenvalue weighted by molar-refractivity contribution is -0.122. The minimum Gasteiger partial charge on any atom is -0.305 e. The van der Waals surface area contributed by atoms with Crippen LogP contribution < -0.4 is 0 Å². The van der Waals surface area contributed by atoms with Gasteiger partial charge in [-0.05, 0) is 57.4 Å². The van der Waals surface area contributed by atoms with Crippen molar-refractivity contribution in [2.45, 2.75) is 72.6 Å². The SMILES string of the molecule is CCCCC(=O)C(C)CCC(=N)/C(C)=C(\C)C1CC1. The second-order valence-electron chi connectivity index (χ2n) is 6.07. The number of hydrogen-bond acceptors (Lipinski definition) is 2. The molecule has 1 aliphatic carbocycles. The molecule has 0 bridgehead atoms. The third-order valence-electron chi connectivity index (χ3n) is 4.39. The molecule has 0 aromatic carbocycles. The molecule has 108 valence electrons. The van der Waals surface area contributed by atoms with Gasteiger partial charge in [0.1, 0.15) is 5.78 Å². The van der Waals surface area contributed by atoms with Crippen LogP contribution in [-0.4, -0.2) is 11.5 Å². The molecule has 1 saturated carbocycles. The van der Waals surface area contributed by atoms with Gasteiger partial charge in [-0.2, -0.15) is 0 Å². The van der Waals surface area contributed by atoms with Crippen LogP contribution in [0.4, 0.5) is 0 Å². The predicted molar refractivity (Wildman–Crippen MR) is 81.8 cm³/mol. The van der Waals surface area contributed by atoms with Gasteiger partial charge in [-0.15, -0.1) is 0 Å². The average Bonchev–Trinajstić information content (AvgIpc) is 3.24. The van der Waals surface area contributed by atoms with Crippen molar-refractivity contribution in [2.24, 2.45) is 11.8 Å². The Morgan fingerprint density at radius 1 is 1.26 bits per heavy atom. The molecule has 0 spiro atoms. The lowest BCUT2D eigenvalue weighted by Gasteiger charge is -2.12. The van der Waals surface area contributed by atoms with E-state index in [1.165, 1.54) is 18.4 Å². The molecule has 19 heavy (non-hydrogen) atoms. The molecule has 1 unspecified atom stereocenters. The number of carbonyl (C=O) groups is 1. The maximum absolute atomic E-state index is 11.9. The van der Waals surface area contributed by atoms with E-state index in [-0.39, 0.29) is 5.92 Å². The van der Waals surface area contributed by atoms with Crippen molar-refractivity contribution in [2.75, 3.05) is 0 Å². The third kappa shape index (κ3) is 5.30. The maximum Gasteiger partial charge on any atom is 0.135 e. The Kier molecular flexibility index (Phi) is 6.47. The van der Waals surface area contributed by atoms with Crippen LogP contribution in [0.15, 0.2) is 11.1 Å². The van der Waals surface area contributed by atoms with Crippen LogP contribution in [0.5, 0.6) is 0 Å². The largest absolute Gasteiger partial charge is 0.305 e. The summed E-state index contributed by atoms with van der Waals surface area (Å²) in [6, 6.07) is 0. The van der Waals surface area contributed by atoms with E-state index >= 15 is 0 Å². The Morgan fingerprint density at radius 3 is 2.42 bits per heavy atom. The molecule has 0 amide bonds. The minimum absolute atomic E-state index is 0.112. The number of hydrogen-bond donors (Lipinski definition) is 1. The molecule has 1 atom stereocenters. The fourth-order valence-electron chi connectivity index (χ4n) is 2.37. The number of ketones is 1. The summed E-state index contributed by atoms with van der Waals surface area (Å²) in [6.45, 7) is 8.36. The lowest BCUT2D eigenvalue weighted by Crippen LogP contribution is -2.13. The third-order valence-corrected chi connectivity index (χ3v) is 4.39. The first-order valence-electron chi connectivity index (χ1n) is 7.75. The summed E-state index contributed by atoms with van der Waals surface area (Å²) in [7, 11) is 0. The molecule has 1 N–H and O–H groups in total. The van der Waals surface area contributed by atoms with Crippen LogP contribution in [-0.2, 0) is 4.79 Å². The van der Waals surface area contributed by atoms with Gasteiger partial charge in [-0.1, -0.05) is 25.8 Å². The molecule has 1 fully saturated rings. The summed E-state index contributed by atoms with van der Waals surface area (Å²) in [6.07, 6.45) is 6.95. The Labute approximate surface area is 118 Å². The first-order chi connectivity index (χ1) is 8.97. The zero-order valence-corrected chi connectivity index (χ0v) is 13.0. The second kappa shape index (κ2) is 7.62. The van der Waals surface area contributed by atoms with E-state index in [2.05, 4.69) is 20.8 Å². The van der Waals surface area contributed by atoms with Gasteiger partial charge < -0.3 is 5.41 Å². The fraction of sp³-hybridized carbons (Fsp3) is 0.765. The summed E-state index contributed by atoms with van der Waals surface area (Å²) < 4.78 is 0. The molecule has 2 nitrogen and oxygen atoms in total. The van der Waals surface area contributed by atoms with E-state index in [0.717, 1.165) is 42.9 Å². The first kappa shape index (κ1) is 16.1. The van der Waals surface area contributed by atoms with E-state index in [0.29, 0.717) is 12.2 Å². The van der Waals surface area contributed by atoms with Gasteiger partial charge in [0.25, 0.3) is 0 Å². The molecule has 1 rings (SSSR count). The first-order valence-corrected chi connectivity index (χ1v) is 7.75. The maximum atomic E-state index is 11.9. The van der Waals surface area contributed by atoms with E-state index < -0.39 is 0 Å². The molecule has 2 heteroatoms. The summed E-state index contributed by atoms with van der Waals surface area (Å²) in [5, 5.41) is 8.15. The molecular weight excluding hydrogens is 234 g/mol. The van der Waals surface area contributed by atoms with Crippen molar-refractivity contribution in [3.05, 3.63) is 11.1 Å². The van der Waals surface area contributed by atoms with Crippen LogP contribution in [0.2, 0.25) is 0 Å². The van der Waals surface area contributed by atoms with Crippen molar-refractivity contribution in [1.82, 2.24) is 0 Å². The predicted octanol–water partition coefficient (Wildman–Crippen LogP) is 4.93. The van der Waals surface area contributed by atoms with Crippen molar-refractivity contribution in [3.63, 3.8) is 0 Å². The Morgan fingerprint density at radius 2 is 1.89 bits per heavy atom. The molecule has 0 aromatic heterocycles. The minimum atomic E-state index is 0.112. The van der Waals surface area contributed by atoms with Crippen LogP contribution in [0.3, 0.4) is 0 Å². The van der Waals surface area contributed by atoms with E-state index in [9.17, 15) is 4.79 Å². The fourth-order valence-corrected chi connectivity index (χ4v) is 2.37. The number of rotatable bonds is 9. The van der Waals surface area contributed by atoms with Gasteiger partial charge in [-0.3, -0.25) is 4.79 Å². The molecule has 0 heterocycles. The van der Waals surface area contributed by atoms with Crippen molar-refractivity contribution in [3.8, 4) is 0 Å². The summed E-state index contributed by atoms with van der Waals surface area (Å²) in [5.74, 6) is 1.22. The monoisotopic (exact) mass is 263 g/mol. The molecule has 0 aliphatic heterocycles. The molecule has 1 aliphatic rings. The van der Waals surface area contributed by atoms with E-state index in [1.807, 2.05) is 6.92 Å². The number of Topliss-reactive ketones (excluding diaryl/α,β-unsaturated/α-hetero) is 1. The number of carbonyl (C=O) groups excluding carboxylic acids is 1. The highest BCUT2D eigenvalue weighted by Crippen LogP contribution is 2.38.